The van der Waals surface area contributed by atoms with Gasteiger partial charge in [0.05, 0.1) is 25.0 Å². The number of ether oxygens (including phenoxy) is 1. The maximum Gasteiger partial charge on any atom is 0.269 e. The summed E-state index contributed by atoms with van der Waals surface area (Å²) in [4.78, 5) is 24.6. The van der Waals surface area contributed by atoms with E-state index in [9.17, 15) is 9.59 Å². The smallest absolute Gasteiger partial charge is 0.269 e. The molecular weight excluding hydrogens is 370 g/mol. The molecule has 29 heavy (non-hydrogen) atoms. The van der Waals surface area contributed by atoms with Gasteiger partial charge in [-0.25, -0.2) is 4.68 Å². The predicted molar refractivity (Wildman–Crippen MR) is 108 cm³/mol. The number of fused-ring (bicyclic) bond motifs is 1. The first-order chi connectivity index (χ1) is 14.2. The first kappa shape index (κ1) is 18.9. The molecule has 1 aliphatic rings. The van der Waals surface area contributed by atoms with Crippen LogP contribution in [0, 0.1) is 0 Å². The highest BCUT2D eigenvalue weighted by atomic mass is 16.5. The van der Waals surface area contributed by atoms with Crippen molar-refractivity contribution in [2.45, 2.75) is 32.2 Å². The third-order valence-electron chi connectivity index (χ3n) is 5.09. The van der Waals surface area contributed by atoms with Crippen molar-refractivity contribution in [3.05, 3.63) is 63.7 Å². The van der Waals surface area contributed by atoms with E-state index in [4.69, 9.17) is 4.74 Å². The molecule has 0 fully saturated rings. The highest BCUT2D eigenvalue weighted by Gasteiger charge is 2.15. The van der Waals surface area contributed by atoms with E-state index in [1.54, 1.807) is 19.2 Å². The Bertz CT molecular complexity index is 1090. The van der Waals surface area contributed by atoms with E-state index in [-0.39, 0.29) is 11.5 Å². The molecule has 0 radical (unpaired) electrons. The molecule has 0 unspecified atom stereocenters. The van der Waals surface area contributed by atoms with Crippen LogP contribution in [0.2, 0.25) is 0 Å². The molecule has 1 amide bonds. The second-order valence-corrected chi connectivity index (χ2v) is 7.01. The highest BCUT2D eigenvalue weighted by Crippen LogP contribution is 2.28. The summed E-state index contributed by atoms with van der Waals surface area (Å²) in [7, 11) is 1.59. The number of nitrogens with one attached hydrogen (secondary N) is 2. The molecule has 2 N–H and O–H groups in total. The molecule has 150 valence electrons. The number of hydrogen-bond acceptors (Lipinski definition) is 5. The first-order valence-electron chi connectivity index (χ1n) is 9.72. The Balaban J connectivity index is 1.40. The van der Waals surface area contributed by atoms with E-state index >= 15 is 0 Å². The van der Waals surface area contributed by atoms with Gasteiger partial charge in [-0.3, -0.25) is 14.7 Å². The Hall–Kier alpha value is -3.42. The van der Waals surface area contributed by atoms with E-state index < -0.39 is 0 Å². The molecule has 0 aliphatic heterocycles. The SMILES string of the molecule is COc1ccccc1-c1cc(C(=O)NCCn2nc3c(cc2=O)CCCC3)[nH]n1. The maximum atomic E-state index is 12.4. The van der Waals surface area contributed by atoms with Gasteiger partial charge in [0.15, 0.2) is 0 Å². The Morgan fingerprint density at radius 3 is 2.93 bits per heavy atom. The van der Waals surface area contributed by atoms with Crippen molar-refractivity contribution >= 4 is 5.91 Å². The topological polar surface area (TPSA) is 102 Å². The summed E-state index contributed by atoms with van der Waals surface area (Å²) >= 11 is 0. The highest BCUT2D eigenvalue weighted by molar-refractivity contribution is 5.93. The number of benzene rings is 1. The van der Waals surface area contributed by atoms with Gasteiger partial charge in [0, 0.05) is 18.2 Å². The lowest BCUT2D eigenvalue weighted by molar-refractivity contribution is 0.0946. The van der Waals surface area contributed by atoms with E-state index in [0.29, 0.717) is 30.2 Å². The average Bonchev–Trinajstić information content (AvgIpc) is 3.24. The Morgan fingerprint density at radius 1 is 1.24 bits per heavy atom. The van der Waals surface area contributed by atoms with Crippen molar-refractivity contribution in [3.8, 4) is 17.0 Å². The predicted octanol–water partition coefficient (Wildman–Crippen LogP) is 1.95. The van der Waals surface area contributed by atoms with Gasteiger partial charge in [0.1, 0.15) is 11.4 Å². The number of rotatable bonds is 6. The minimum Gasteiger partial charge on any atom is -0.496 e. The van der Waals surface area contributed by atoms with Gasteiger partial charge in [-0.05, 0) is 49.4 Å². The molecule has 2 heterocycles. The van der Waals surface area contributed by atoms with Crippen LogP contribution in [0.3, 0.4) is 0 Å². The average molecular weight is 393 g/mol. The van der Waals surface area contributed by atoms with Gasteiger partial charge < -0.3 is 10.1 Å². The van der Waals surface area contributed by atoms with Crippen LogP contribution in [-0.4, -0.2) is 39.5 Å². The number of H-pyrrole nitrogens is 1. The number of para-hydroxylation sites is 1. The zero-order chi connectivity index (χ0) is 20.2. The van der Waals surface area contributed by atoms with Crippen LogP contribution in [-0.2, 0) is 19.4 Å². The molecule has 8 heteroatoms. The summed E-state index contributed by atoms with van der Waals surface area (Å²) in [5, 5.41) is 14.2. The van der Waals surface area contributed by atoms with Crippen molar-refractivity contribution in [3.63, 3.8) is 0 Å². The normalized spacial score (nSPS) is 13.0. The van der Waals surface area contributed by atoms with E-state index in [0.717, 1.165) is 42.5 Å². The summed E-state index contributed by atoms with van der Waals surface area (Å²) in [6.45, 7) is 0.624. The summed E-state index contributed by atoms with van der Waals surface area (Å²) in [5.74, 6) is 0.397. The number of methoxy groups -OCH3 is 1. The van der Waals surface area contributed by atoms with Gasteiger partial charge in [-0.1, -0.05) is 12.1 Å². The van der Waals surface area contributed by atoms with E-state index in [1.807, 2.05) is 24.3 Å². The van der Waals surface area contributed by atoms with E-state index in [2.05, 4.69) is 20.6 Å². The lowest BCUT2D eigenvalue weighted by Gasteiger charge is -2.15. The lowest BCUT2D eigenvalue weighted by Crippen LogP contribution is -2.33. The molecule has 8 nitrogen and oxygen atoms in total. The number of hydrogen-bond donors (Lipinski definition) is 2. The molecule has 3 aromatic rings. The van der Waals surface area contributed by atoms with Crippen LogP contribution >= 0.6 is 0 Å². The second-order valence-electron chi connectivity index (χ2n) is 7.01. The van der Waals surface area contributed by atoms with E-state index in [1.165, 1.54) is 4.68 Å². The quantitative estimate of drug-likeness (QED) is 0.666. The van der Waals surface area contributed by atoms with Crippen LogP contribution in [0.4, 0.5) is 0 Å². The number of aromatic amines is 1. The van der Waals surface area contributed by atoms with Crippen LogP contribution in [0.5, 0.6) is 5.75 Å². The largest absolute Gasteiger partial charge is 0.496 e. The number of aromatic nitrogens is 4. The molecule has 0 saturated heterocycles. The van der Waals surface area contributed by atoms with Gasteiger partial charge >= 0.3 is 0 Å². The lowest BCUT2D eigenvalue weighted by atomic mass is 9.97. The number of aryl methyl sites for hydroxylation is 2. The fourth-order valence-corrected chi connectivity index (χ4v) is 3.56. The van der Waals surface area contributed by atoms with Gasteiger partial charge in [-0.15, -0.1) is 0 Å². The third-order valence-corrected chi connectivity index (χ3v) is 5.09. The molecule has 0 bridgehead atoms. The monoisotopic (exact) mass is 393 g/mol. The molecular formula is C21H23N5O3. The van der Waals surface area contributed by atoms with Crippen LogP contribution < -0.4 is 15.6 Å². The minimum atomic E-state index is -0.287. The maximum absolute atomic E-state index is 12.4. The number of carbonyl (C=O) groups excluding carboxylic acids is 1. The molecule has 0 saturated carbocycles. The molecule has 2 aromatic heterocycles. The van der Waals surface area contributed by atoms with Gasteiger partial charge in [-0.2, -0.15) is 10.2 Å². The third kappa shape index (κ3) is 4.06. The molecule has 0 atom stereocenters. The van der Waals surface area contributed by atoms with Crippen molar-refractivity contribution in [2.75, 3.05) is 13.7 Å². The zero-order valence-corrected chi connectivity index (χ0v) is 16.3. The van der Waals surface area contributed by atoms with Crippen molar-refractivity contribution in [1.29, 1.82) is 0 Å². The first-order valence-corrected chi connectivity index (χ1v) is 9.72. The summed E-state index contributed by atoms with van der Waals surface area (Å²) in [6, 6.07) is 10.8. The number of nitrogens with zero attached hydrogens (tertiary/aromatic N) is 3. The van der Waals surface area contributed by atoms with Gasteiger partial charge in [0.2, 0.25) is 0 Å². The summed E-state index contributed by atoms with van der Waals surface area (Å²) in [6.07, 6.45) is 4.03. The Morgan fingerprint density at radius 2 is 2.07 bits per heavy atom. The van der Waals surface area contributed by atoms with Crippen molar-refractivity contribution in [1.82, 2.24) is 25.3 Å². The van der Waals surface area contributed by atoms with Gasteiger partial charge in [0.25, 0.3) is 11.5 Å². The second kappa shape index (κ2) is 8.30. The Kier molecular flexibility index (Phi) is 5.41. The zero-order valence-electron chi connectivity index (χ0n) is 16.3. The molecule has 1 aliphatic carbocycles. The van der Waals surface area contributed by atoms with Crippen molar-refractivity contribution in [2.24, 2.45) is 0 Å². The molecule has 0 spiro atoms. The minimum absolute atomic E-state index is 0.125. The van der Waals surface area contributed by atoms with Crippen LogP contribution in [0.15, 0.2) is 41.2 Å². The van der Waals surface area contributed by atoms with Crippen LogP contribution in [0.25, 0.3) is 11.3 Å². The number of amides is 1. The van der Waals surface area contributed by atoms with Crippen molar-refractivity contribution < 1.29 is 9.53 Å². The summed E-state index contributed by atoms with van der Waals surface area (Å²) in [5.41, 5.74) is 3.70. The summed E-state index contributed by atoms with van der Waals surface area (Å²) < 4.78 is 6.77. The standard InChI is InChI=1S/C21H23N5O3/c1-29-19-9-5-3-7-15(19)17-13-18(24-23-17)21(28)22-10-11-26-20(27)12-14-6-2-4-8-16(14)25-26/h3,5,7,9,12-13H,2,4,6,8,10-11H2,1H3,(H,22,28)(H,23,24). The number of carbonyl (C=O) groups is 1. The molecule has 4 rings (SSSR count). The fourth-order valence-electron chi connectivity index (χ4n) is 3.56. The fraction of sp³-hybridized carbons (Fsp3) is 0.333. The van der Waals surface area contributed by atoms with Crippen LogP contribution in [0.1, 0.15) is 34.6 Å². The molecule has 1 aromatic carbocycles. The Labute approximate surface area is 167 Å².